The second-order valence-corrected chi connectivity index (χ2v) is 6.46. The van der Waals surface area contributed by atoms with E-state index in [0.29, 0.717) is 12.2 Å². The molecule has 1 amide bonds. The van der Waals surface area contributed by atoms with Gasteiger partial charge in [-0.3, -0.25) is 4.79 Å². The molecule has 2 aromatic rings. The number of rotatable bonds is 6. The van der Waals surface area contributed by atoms with Crippen molar-refractivity contribution in [3.63, 3.8) is 0 Å². The van der Waals surface area contributed by atoms with Gasteiger partial charge in [0.25, 0.3) is 0 Å². The molecule has 1 aliphatic rings. The summed E-state index contributed by atoms with van der Waals surface area (Å²) in [5.74, 6) is -1.92. The Labute approximate surface area is 157 Å². The fourth-order valence-corrected chi connectivity index (χ4v) is 2.92. The molecular formula is C20H23F2N3O2. The highest BCUT2D eigenvalue weighted by Gasteiger charge is 2.12. The van der Waals surface area contributed by atoms with Gasteiger partial charge in [-0.2, -0.15) is 0 Å². The highest BCUT2D eigenvalue weighted by atomic mass is 19.2. The first kappa shape index (κ1) is 19.1. The van der Waals surface area contributed by atoms with Crippen molar-refractivity contribution in [1.82, 2.24) is 0 Å². The largest absolute Gasteiger partial charge is 0.378 e. The number of hydrogen-bond donors (Lipinski definition) is 1. The van der Waals surface area contributed by atoms with Crippen LogP contribution in [0.3, 0.4) is 0 Å². The van der Waals surface area contributed by atoms with E-state index in [9.17, 15) is 13.6 Å². The molecule has 1 aliphatic heterocycles. The number of ether oxygens (including phenoxy) is 1. The maximum absolute atomic E-state index is 13.3. The predicted octanol–water partition coefficient (Wildman–Crippen LogP) is 3.27. The normalized spacial score (nSPS) is 14.1. The number of amides is 1. The molecule has 27 heavy (non-hydrogen) atoms. The van der Waals surface area contributed by atoms with Gasteiger partial charge in [-0.05, 0) is 36.4 Å². The first-order valence-corrected chi connectivity index (χ1v) is 8.92. The van der Waals surface area contributed by atoms with E-state index in [0.717, 1.165) is 49.8 Å². The second kappa shape index (κ2) is 8.81. The molecule has 144 valence electrons. The van der Waals surface area contributed by atoms with E-state index in [1.165, 1.54) is 6.07 Å². The van der Waals surface area contributed by atoms with E-state index in [4.69, 9.17) is 4.74 Å². The van der Waals surface area contributed by atoms with Gasteiger partial charge in [0.15, 0.2) is 11.6 Å². The number of benzene rings is 2. The highest BCUT2D eigenvalue weighted by Crippen LogP contribution is 2.20. The Balaban J connectivity index is 1.49. The number of hydrogen-bond acceptors (Lipinski definition) is 4. The van der Waals surface area contributed by atoms with Crippen LogP contribution in [0.1, 0.15) is 6.42 Å². The van der Waals surface area contributed by atoms with Crippen LogP contribution in [0.25, 0.3) is 0 Å². The molecule has 0 aromatic heterocycles. The summed E-state index contributed by atoms with van der Waals surface area (Å²) in [4.78, 5) is 16.1. The third-order valence-electron chi connectivity index (χ3n) is 4.55. The zero-order chi connectivity index (χ0) is 19.2. The summed E-state index contributed by atoms with van der Waals surface area (Å²) in [5, 5.41) is 2.86. The topological polar surface area (TPSA) is 44.8 Å². The summed E-state index contributed by atoms with van der Waals surface area (Å²) < 4.78 is 31.6. The van der Waals surface area contributed by atoms with E-state index < -0.39 is 11.6 Å². The second-order valence-electron chi connectivity index (χ2n) is 6.46. The summed E-state index contributed by atoms with van der Waals surface area (Å²) in [5.41, 5.74) is 2.36. The molecule has 1 N–H and O–H groups in total. The number of anilines is 3. The van der Waals surface area contributed by atoms with Crippen molar-refractivity contribution in [3.05, 3.63) is 54.1 Å². The third-order valence-corrected chi connectivity index (χ3v) is 4.55. The van der Waals surface area contributed by atoms with E-state index in [1.807, 2.05) is 24.3 Å². The highest BCUT2D eigenvalue weighted by molar-refractivity contribution is 5.91. The first-order chi connectivity index (χ1) is 13.0. The van der Waals surface area contributed by atoms with E-state index >= 15 is 0 Å². The van der Waals surface area contributed by atoms with Crippen LogP contribution in [0, 0.1) is 11.6 Å². The van der Waals surface area contributed by atoms with Crippen molar-refractivity contribution < 1.29 is 18.3 Å². The van der Waals surface area contributed by atoms with Crippen molar-refractivity contribution in [3.8, 4) is 0 Å². The molecule has 0 saturated carbocycles. The molecule has 1 fully saturated rings. The van der Waals surface area contributed by atoms with Crippen molar-refractivity contribution in [2.45, 2.75) is 6.42 Å². The summed E-state index contributed by atoms with van der Waals surface area (Å²) in [7, 11) is 1.73. The standard InChI is InChI=1S/C20H23F2N3O2/c1-24(17-6-7-18(21)19(22)14-17)9-8-20(26)23-15-2-4-16(5-3-15)25-10-12-27-13-11-25/h2-7,14H,8-13H2,1H3,(H,23,26). The van der Waals surface area contributed by atoms with Crippen LogP contribution in [0.4, 0.5) is 25.8 Å². The molecule has 2 aromatic carbocycles. The van der Waals surface area contributed by atoms with Crippen molar-refractivity contribution in [1.29, 1.82) is 0 Å². The molecule has 0 bridgehead atoms. The summed E-state index contributed by atoms with van der Waals surface area (Å²) in [6.45, 7) is 3.57. The quantitative estimate of drug-likeness (QED) is 0.842. The number of carbonyl (C=O) groups excluding carboxylic acids is 1. The molecule has 0 unspecified atom stereocenters. The van der Waals surface area contributed by atoms with Gasteiger partial charge in [-0.25, -0.2) is 8.78 Å². The lowest BCUT2D eigenvalue weighted by molar-refractivity contribution is -0.116. The van der Waals surface area contributed by atoms with Gasteiger partial charge in [-0.15, -0.1) is 0 Å². The lowest BCUT2D eigenvalue weighted by Crippen LogP contribution is -2.36. The van der Waals surface area contributed by atoms with E-state index in [-0.39, 0.29) is 12.3 Å². The Bertz CT molecular complexity index is 777. The number of nitrogens with one attached hydrogen (secondary N) is 1. The number of carbonyl (C=O) groups is 1. The molecule has 1 saturated heterocycles. The number of halogens is 2. The number of nitrogens with zero attached hydrogens (tertiary/aromatic N) is 2. The molecule has 0 atom stereocenters. The first-order valence-electron chi connectivity index (χ1n) is 8.92. The maximum Gasteiger partial charge on any atom is 0.226 e. The minimum atomic E-state index is -0.899. The monoisotopic (exact) mass is 375 g/mol. The van der Waals surface area contributed by atoms with Crippen molar-refractivity contribution >= 4 is 23.0 Å². The average Bonchev–Trinajstić information content (AvgIpc) is 2.69. The summed E-state index contributed by atoms with van der Waals surface area (Å²) in [6, 6.07) is 11.4. The number of morpholine rings is 1. The zero-order valence-electron chi connectivity index (χ0n) is 15.3. The van der Waals surface area contributed by atoms with Gasteiger partial charge in [0.1, 0.15) is 0 Å². The van der Waals surface area contributed by atoms with Crippen molar-refractivity contribution in [2.75, 3.05) is 55.0 Å². The summed E-state index contributed by atoms with van der Waals surface area (Å²) in [6.07, 6.45) is 0.237. The fourth-order valence-electron chi connectivity index (χ4n) is 2.92. The molecule has 7 heteroatoms. The minimum absolute atomic E-state index is 0.136. The lowest BCUT2D eigenvalue weighted by Gasteiger charge is -2.28. The van der Waals surface area contributed by atoms with Gasteiger partial charge in [-0.1, -0.05) is 0 Å². The molecule has 0 radical (unpaired) electrons. The zero-order valence-corrected chi connectivity index (χ0v) is 15.3. The Kier molecular flexibility index (Phi) is 6.24. The molecule has 0 spiro atoms. The minimum Gasteiger partial charge on any atom is -0.378 e. The molecule has 5 nitrogen and oxygen atoms in total. The average molecular weight is 375 g/mol. The molecular weight excluding hydrogens is 352 g/mol. The Morgan fingerprint density at radius 1 is 1.11 bits per heavy atom. The lowest BCUT2D eigenvalue weighted by atomic mass is 10.2. The van der Waals surface area contributed by atoms with Gasteiger partial charge < -0.3 is 19.9 Å². The van der Waals surface area contributed by atoms with Gasteiger partial charge >= 0.3 is 0 Å². The van der Waals surface area contributed by atoms with Crippen LogP contribution in [-0.2, 0) is 9.53 Å². The van der Waals surface area contributed by atoms with Crippen LogP contribution < -0.4 is 15.1 Å². The molecule has 1 heterocycles. The smallest absolute Gasteiger partial charge is 0.226 e. The van der Waals surface area contributed by atoms with E-state index in [2.05, 4.69) is 10.2 Å². The Morgan fingerprint density at radius 3 is 2.48 bits per heavy atom. The van der Waals surface area contributed by atoms with Crippen LogP contribution in [-0.4, -0.2) is 45.8 Å². The van der Waals surface area contributed by atoms with Crippen LogP contribution in [0.15, 0.2) is 42.5 Å². The third kappa shape index (κ3) is 5.17. The van der Waals surface area contributed by atoms with Crippen LogP contribution in [0.5, 0.6) is 0 Å². The van der Waals surface area contributed by atoms with Crippen LogP contribution >= 0.6 is 0 Å². The Morgan fingerprint density at radius 2 is 1.81 bits per heavy atom. The summed E-state index contributed by atoms with van der Waals surface area (Å²) >= 11 is 0. The fraction of sp³-hybridized carbons (Fsp3) is 0.350. The Hall–Kier alpha value is -2.67. The van der Waals surface area contributed by atoms with Gasteiger partial charge in [0.2, 0.25) is 5.91 Å². The molecule has 3 rings (SSSR count). The predicted molar refractivity (Wildman–Crippen MR) is 102 cm³/mol. The SMILES string of the molecule is CN(CCC(=O)Nc1ccc(N2CCOCC2)cc1)c1ccc(F)c(F)c1. The van der Waals surface area contributed by atoms with E-state index in [1.54, 1.807) is 11.9 Å². The van der Waals surface area contributed by atoms with Crippen LogP contribution in [0.2, 0.25) is 0 Å². The van der Waals surface area contributed by atoms with Gasteiger partial charge in [0.05, 0.1) is 13.2 Å². The molecule has 0 aliphatic carbocycles. The maximum atomic E-state index is 13.3. The van der Waals surface area contributed by atoms with Crippen molar-refractivity contribution in [2.24, 2.45) is 0 Å². The van der Waals surface area contributed by atoms with Gasteiger partial charge in [0, 0.05) is 56.2 Å².